The fourth-order valence-electron chi connectivity index (χ4n) is 5.31. The monoisotopic (exact) mass is 547 g/mol. The maximum atomic E-state index is 11.4. The highest BCUT2D eigenvalue weighted by Crippen LogP contribution is 2.50. The molecule has 6 heteroatoms. The van der Waals surface area contributed by atoms with E-state index in [1.807, 2.05) is 36.4 Å². The Morgan fingerprint density at radius 2 is 1.41 bits per heavy atom. The standard InChI is InChI=1S/C35H33NO5/c1-5-33(37)39-21-19-24-11-13-25(14-12-24)36(32-18-16-27(41-32)20-22-40-34(38)6-2)26-15-17-29-28-9-7-8-10-30(28)35(3,4)31(29)23-26/h5-18,23H,1-2,19-22H2,3-4H3. The van der Waals surface area contributed by atoms with Crippen molar-refractivity contribution in [2.45, 2.75) is 32.1 Å². The van der Waals surface area contributed by atoms with E-state index < -0.39 is 11.9 Å². The summed E-state index contributed by atoms with van der Waals surface area (Å²) in [6.07, 6.45) is 3.36. The van der Waals surface area contributed by atoms with Crippen LogP contribution in [0.25, 0.3) is 11.1 Å². The maximum absolute atomic E-state index is 11.4. The summed E-state index contributed by atoms with van der Waals surface area (Å²) in [4.78, 5) is 24.9. The van der Waals surface area contributed by atoms with Crippen molar-refractivity contribution >= 4 is 29.2 Å². The van der Waals surface area contributed by atoms with Crippen LogP contribution in [0, 0.1) is 0 Å². The second-order valence-electron chi connectivity index (χ2n) is 10.4. The summed E-state index contributed by atoms with van der Waals surface area (Å²) < 4.78 is 16.6. The summed E-state index contributed by atoms with van der Waals surface area (Å²) in [6, 6.07) is 27.1. The Morgan fingerprint density at radius 3 is 2.12 bits per heavy atom. The lowest BCUT2D eigenvalue weighted by Crippen LogP contribution is -2.16. The molecule has 0 radical (unpaired) electrons. The number of esters is 2. The van der Waals surface area contributed by atoms with Gasteiger partial charge in [0.25, 0.3) is 0 Å². The highest BCUT2D eigenvalue weighted by Gasteiger charge is 2.35. The number of fused-ring (bicyclic) bond motifs is 3. The Kier molecular flexibility index (Phi) is 7.92. The Hall–Kier alpha value is -4.84. The molecule has 0 aliphatic heterocycles. The molecule has 6 nitrogen and oxygen atoms in total. The van der Waals surface area contributed by atoms with E-state index in [0.717, 1.165) is 23.0 Å². The first kappa shape index (κ1) is 27.7. The van der Waals surface area contributed by atoms with Crippen LogP contribution in [0.2, 0.25) is 0 Å². The average Bonchev–Trinajstić information content (AvgIpc) is 3.54. The number of rotatable bonds is 11. The molecule has 0 saturated heterocycles. The number of anilines is 3. The van der Waals surface area contributed by atoms with Crippen LogP contribution in [-0.2, 0) is 37.3 Å². The minimum absolute atomic E-state index is 0.149. The molecular formula is C35H33NO5. The van der Waals surface area contributed by atoms with E-state index in [-0.39, 0.29) is 18.6 Å². The maximum Gasteiger partial charge on any atom is 0.330 e. The van der Waals surface area contributed by atoms with Gasteiger partial charge in [-0.15, -0.1) is 0 Å². The van der Waals surface area contributed by atoms with E-state index in [2.05, 4.69) is 74.4 Å². The summed E-state index contributed by atoms with van der Waals surface area (Å²) >= 11 is 0. The topological polar surface area (TPSA) is 69.0 Å². The number of hydrogen-bond acceptors (Lipinski definition) is 6. The normalized spacial score (nSPS) is 12.6. The molecule has 0 amide bonds. The van der Waals surface area contributed by atoms with Crippen molar-refractivity contribution in [1.82, 2.24) is 0 Å². The first-order chi connectivity index (χ1) is 19.8. The fraction of sp³-hybridized carbons (Fsp3) is 0.200. The third-order valence-corrected chi connectivity index (χ3v) is 7.45. The molecule has 208 valence electrons. The summed E-state index contributed by atoms with van der Waals surface area (Å²) in [6.45, 7) is 11.9. The SMILES string of the molecule is C=CC(=O)OCCc1ccc(N(c2ccc3c(c2)C(C)(C)c2ccccc2-3)c2ccc(CCOC(=O)C=C)o2)cc1. The zero-order valence-corrected chi connectivity index (χ0v) is 23.4. The Bertz CT molecular complexity index is 1600. The highest BCUT2D eigenvalue weighted by molar-refractivity contribution is 5.85. The Balaban J connectivity index is 1.47. The van der Waals surface area contributed by atoms with Crippen molar-refractivity contribution in [3.63, 3.8) is 0 Å². The van der Waals surface area contributed by atoms with Crippen molar-refractivity contribution in [2.75, 3.05) is 18.1 Å². The molecule has 0 bridgehead atoms. The Labute approximate surface area is 240 Å². The molecule has 0 atom stereocenters. The van der Waals surface area contributed by atoms with Gasteiger partial charge >= 0.3 is 11.9 Å². The molecule has 1 aromatic heterocycles. The molecule has 5 rings (SSSR count). The molecule has 0 N–H and O–H groups in total. The van der Waals surface area contributed by atoms with Crippen molar-refractivity contribution in [2.24, 2.45) is 0 Å². The van der Waals surface area contributed by atoms with Crippen LogP contribution >= 0.6 is 0 Å². The summed E-state index contributed by atoms with van der Waals surface area (Å²) in [5.74, 6) is 0.467. The molecule has 41 heavy (non-hydrogen) atoms. The zero-order chi connectivity index (χ0) is 29.0. The van der Waals surface area contributed by atoms with Gasteiger partial charge < -0.3 is 13.9 Å². The number of furan rings is 1. The van der Waals surface area contributed by atoms with Gasteiger partial charge in [0.1, 0.15) is 5.76 Å². The lowest BCUT2D eigenvalue weighted by molar-refractivity contribution is -0.138. The summed E-state index contributed by atoms with van der Waals surface area (Å²) in [5, 5.41) is 0. The van der Waals surface area contributed by atoms with E-state index >= 15 is 0 Å². The number of carbonyl (C=O) groups excluding carboxylic acids is 2. The number of nitrogens with zero attached hydrogens (tertiary/aromatic N) is 1. The van der Waals surface area contributed by atoms with Gasteiger partial charge in [-0.25, -0.2) is 9.59 Å². The fourth-order valence-corrected chi connectivity index (χ4v) is 5.31. The second kappa shape index (κ2) is 11.7. The van der Waals surface area contributed by atoms with Gasteiger partial charge in [0.15, 0.2) is 0 Å². The molecule has 0 unspecified atom stereocenters. The van der Waals surface area contributed by atoms with Crippen LogP contribution in [0.4, 0.5) is 17.3 Å². The van der Waals surface area contributed by atoms with E-state index in [1.165, 1.54) is 28.3 Å². The van der Waals surface area contributed by atoms with E-state index in [0.29, 0.717) is 24.5 Å². The van der Waals surface area contributed by atoms with Crippen molar-refractivity contribution in [3.05, 3.63) is 127 Å². The molecule has 0 spiro atoms. The van der Waals surface area contributed by atoms with Crippen LogP contribution in [0.15, 0.2) is 109 Å². The molecular weight excluding hydrogens is 514 g/mol. The smallest absolute Gasteiger partial charge is 0.330 e. The molecule has 0 fully saturated rings. The van der Waals surface area contributed by atoms with Crippen LogP contribution in [0.1, 0.15) is 36.3 Å². The van der Waals surface area contributed by atoms with Gasteiger partial charge in [-0.05, 0) is 58.1 Å². The number of ether oxygens (including phenoxy) is 2. The molecule has 4 aromatic rings. The number of carbonyl (C=O) groups is 2. The van der Waals surface area contributed by atoms with Gasteiger partial charge in [-0.2, -0.15) is 0 Å². The van der Waals surface area contributed by atoms with Crippen molar-refractivity contribution in [3.8, 4) is 11.1 Å². The lowest BCUT2D eigenvalue weighted by atomic mass is 9.82. The minimum Gasteiger partial charge on any atom is -0.462 e. The van der Waals surface area contributed by atoms with Gasteiger partial charge in [0.05, 0.1) is 13.2 Å². The van der Waals surface area contributed by atoms with Gasteiger partial charge in [0, 0.05) is 47.8 Å². The highest BCUT2D eigenvalue weighted by atomic mass is 16.5. The average molecular weight is 548 g/mol. The second-order valence-corrected chi connectivity index (χ2v) is 10.4. The van der Waals surface area contributed by atoms with Crippen molar-refractivity contribution in [1.29, 1.82) is 0 Å². The largest absolute Gasteiger partial charge is 0.462 e. The van der Waals surface area contributed by atoms with Gasteiger partial charge in [-0.3, -0.25) is 4.90 Å². The van der Waals surface area contributed by atoms with E-state index in [4.69, 9.17) is 13.9 Å². The lowest BCUT2D eigenvalue weighted by Gasteiger charge is -2.26. The predicted molar refractivity (Wildman–Crippen MR) is 161 cm³/mol. The first-order valence-electron chi connectivity index (χ1n) is 13.6. The summed E-state index contributed by atoms with van der Waals surface area (Å²) in [7, 11) is 0. The summed E-state index contributed by atoms with van der Waals surface area (Å²) in [5.41, 5.74) is 7.86. The quantitative estimate of drug-likeness (QED) is 0.142. The van der Waals surface area contributed by atoms with Crippen LogP contribution in [0.5, 0.6) is 0 Å². The minimum atomic E-state index is -0.459. The molecule has 3 aromatic carbocycles. The third kappa shape index (κ3) is 5.73. The molecule has 1 aliphatic carbocycles. The van der Waals surface area contributed by atoms with Crippen LogP contribution in [0.3, 0.4) is 0 Å². The first-order valence-corrected chi connectivity index (χ1v) is 13.6. The Morgan fingerprint density at radius 1 is 0.780 bits per heavy atom. The van der Waals surface area contributed by atoms with Crippen LogP contribution in [-0.4, -0.2) is 25.2 Å². The van der Waals surface area contributed by atoms with Crippen molar-refractivity contribution < 1.29 is 23.5 Å². The molecule has 1 heterocycles. The number of benzene rings is 3. The van der Waals surface area contributed by atoms with E-state index in [9.17, 15) is 9.59 Å². The predicted octanol–water partition coefficient (Wildman–Crippen LogP) is 7.60. The van der Waals surface area contributed by atoms with E-state index in [1.54, 1.807) is 0 Å². The molecule has 1 aliphatic rings. The zero-order valence-electron chi connectivity index (χ0n) is 23.4. The van der Waals surface area contributed by atoms with Gasteiger partial charge in [0.2, 0.25) is 5.88 Å². The molecule has 0 saturated carbocycles. The third-order valence-electron chi connectivity index (χ3n) is 7.45. The van der Waals surface area contributed by atoms with Gasteiger partial charge in [-0.1, -0.05) is 69.5 Å². The number of hydrogen-bond donors (Lipinski definition) is 0. The van der Waals surface area contributed by atoms with Crippen LogP contribution < -0.4 is 4.90 Å².